The Morgan fingerprint density at radius 3 is 2.73 bits per heavy atom. The fourth-order valence-electron chi connectivity index (χ4n) is 0.528. The third-order valence-corrected chi connectivity index (χ3v) is 1.89. The highest BCUT2D eigenvalue weighted by Gasteiger charge is 1.95. The van der Waals surface area contributed by atoms with Gasteiger partial charge in [-0.05, 0) is 6.42 Å². The molecule has 5 nitrogen and oxygen atoms in total. The summed E-state index contributed by atoms with van der Waals surface area (Å²) >= 11 is 0. The van der Waals surface area contributed by atoms with Crippen LogP contribution in [0.3, 0.4) is 0 Å². The fourth-order valence-corrected chi connectivity index (χ4v) is 1.08. The quantitative estimate of drug-likeness (QED) is 0.222. The molecule has 0 aliphatic rings. The van der Waals surface area contributed by atoms with Gasteiger partial charge in [0.2, 0.25) is 0 Å². The van der Waals surface area contributed by atoms with E-state index in [4.69, 9.17) is 5.84 Å². The molecule has 0 aliphatic heterocycles. The van der Waals surface area contributed by atoms with Crippen LogP contribution in [0, 0.1) is 0 Å². The van der Waals surface area contributed by atoms with Gasteiger partial charge < -0.3 is 5.32 Å². The van der Waals surface area contributed by atoms with E-state index in [1.54, 1.807) is 6.26 Å². The molecule has 0 aromatic rings. The molecule has 0 aromatic carbocycles. The highest BCUT2D eigenvalue weighted by atomic mass is 32.2. The molecule has 0 aromatic heterocycles. The van der Waals surface area contributed by atoms with Crippen LogP contribution in [-0.4, -0.2) is 28.8 Å². The van der Waals surface area contributed by atoms with Crippen molar-refractivity contribution >= 4 is 16.8 Å². The average Bonchev–Trinajstić information content (AvgIpc) is 1.97. The molecule has 0 rings (SSSR count). The van der Waals surface area contributed by atoms with E-state index in [9.17, 15) is 9.00 Å². The lowest BCUT2D eigenvalue weighted by Crippen LogP contribution is -2.40. The van der Waals surface area contributed by atoms with Crippen LogP contribution in [0.5, 0.6) is 0 Å². The molecule has 0 fully saturated rings. The lowest BCUT2D eigenvalue weighted by atomic mass is 10.5. The number of nitrogens with one attached hydrogen (secondary N) is 2. The van der Waals surface area contributed by atoms with E-state index in [1.807, 2.05) is 5.43 Å². The molecule has 0 saturated carbocycles. The summed E-state index contributed by atoms with van der Waals surface area (Å²) < 4.78 is 10.5. The molecule has 66 valence electrons. The minimum Gasteiger partial charge on any atom is -0.337 e. The molecule has 0 radical (unpaired) electrons. The van der Waals surface area contributed by atoms with E-state index in [0.29, 0.717) is 18.7 Å². The minimum atomic E-state index is -0.785. The average molecular weight is 179 g/mol. The first kappa shape index (κ1) is 10.4. The Hall–Kier alpha value is -0.620. The molecule has 1 atom stereocenters. The highest BCUT2D eigenvalue weighted by molar-refractivity contribution is 7.84. The van der Waals surface area contributed by atoms with Gasteiger partial charge in [-0.15, -0.1) is 0 Å². The maximum Gasteiger partial charge on any atom is 0.328 e. The van der Waals surface area contributed by atoms with Crippen LogP contribution in [0.1, 0.15) is 6.42 Å². The predicted molar refractivity (Wildman–Crippen MR) is 44.3 cm³/mol. The summed E-state index contributed by atoms with van der Waals surface area (Å²) in [7, 11) is -0.785. The zero-order chi connectivity index (χ0) is 8.69. The van der Waals surface area contributed by atoms with Crippen molar-refractivity contribution in [3.8, 4) is 0 Å². The number of carbonyl (C=O) groups is 1. The van der Waals surface area contributed by atoms with Gasteiger partial charge in [-0.3, -0.25) is 9.63 Å². The maximum atomic E-state index is 10.5. The number of amides is 2. The molecule has 0 saturated heterocycles. The van der Waals surface area contributed by atoms with Gasteiger partial charge in [0.25, 0.3) is 0 Å². The van der Waals surface area contributed by atoms with Crippen LogP contribution >= 0.6 is 0 Å². The molecule has 6 heteroatoms. The van der Waals surface area contributed by atoms with E-state index >= 15 is 0 Å². The molecule has 0 bridgehead atoms. The van der Waals surface area contributed by atoms with Crippen LogP contribution in [0.4, 0.5) is 4.79 Å². The lowest BCUT2D eigenvalue weighted by Gasteiger charge is -2.01. The fraction of sp³-hybridized carbons (Fsp3) is 0.800. The zero-order valence-electron chi connectivity index (χ0n) is 6.42. The third-order valence-electron chi connectivity index (χ3n) is 1.03. The minimum absolute atomic E-state index is 0.410. The first-order valence-corrected chi connectivity index (χ1v) is 4.94. The van der Waals surface area contributed by atoms with Crippen molar-refractivity contribution in [2.75, 3.05) is 18.6 Å². The molecule has 11 heavy (non-hydrogen) atoms. The van der Waals surface area contributed by atoms with Crippen molar-refractivity contribution < 1.29 is 9.00 Å². The highest BCUT2D eigenvalue weighted by Crippen LogP contribution is 1.80. The van der Waals surface area contributed by atoms with Crippen molar-refractivity contribution in [2.45, 2.75) is 6.42 Å². The number of hydrogen-bond donors (Lipinski definition) is 3. The summed E-state index contributed by atoms with van der Waals surface area (Å²) in [6.45, 7) is 0.503. The Balaban J connectivity index is 3.14. The monoisotopic (exact) mass is 179 g/mol. The summed E-state index contributed by atoms with van der Waals surface area (Å²) in [6, 6.07) is -0.410. The summed E-state index contributed by atoms with van der Waals surface area (Å²) in [5.74, 6) is 5.39. The number of nitrogens with two attached hydrogens (primary N) is 1. The summed E-state index contributed by atoms with van der Waals surface area (Å²) in [6.07, 6.45) is 2.33. The Morgan fingerprint density at radius 2 is 2.27 bits per heavy atom. The van der Waals surface area contributed by atoms with Crippen molar-refractivity contribution in [2.24, 2.45) is 5.84 Å². The van der Waals surface area contributed by atoms with Crippen LogP contribution < -0.4 is 16.6 Å². The van der Waals surface area contributed by atoms with Gasteiger partial charge in [-0.1, -0.05) is 0 Å². The smallest absolute Gasteiger partial charge is 0.328 e. The van der Waals surface area contributed by atoms with Gasteiger partial charge in [0.05, 0.1) is 0 Å². The first-order valence-electron chi connectivity index (χ1n) is 3.21. The van der Waals surface area contributed by atoms with Gasteiger partial charge in [0, 0.05) is 29.4 Å². The first-order chi connectivity index (χ1) is 5.16. The maximum absolute atomic E-state index is 10.5. The van der Waals surface area contributed by atoms with Gasteiger partial charge in [-0.2, -0.15) is 0 Å². The van der Waals surface area contributed by atoms with Crippen molar-refractivity contribution in [3.63, 3.8) is 0 Å². The lowest BCUT2D eigenvalue weighted by molar-refractivity contribution is 0.241. The number of hydrazine groups is 1. The molecule has 0 heterocycles. The van der Waals surface area contributed by atoms with Gasteiger partial charge in [0.15, 0.2) is 0 Å². The second kappa shape index (κ2) is 6.11. The Bertz CT molecular complexity index is 151. The molecular weight excluding hydrogens is 166 g/mol. The Kier molecular flexibility index (Phi) is 5.77. The summed E-state index contributed by atoms with van der Waals surface area (Å²) in [5.41, 5.74) is 1.93. The molecular formula is C5H13N3O2S. The SMILES string of the molecule is CS(=O)CCCNC(=O)NN. The number of hydrogen-bond acceptors (Lipinski definition) is 3. The van der Waals surface area contributed by atoms with E-state index < -0.39 is 16.8 Å². The van der Waals surface area contributed by atoms with Gasteiger partial charge in [0.1, 0.15) is 0 Å². The Labute approximate surface area is 68.1 Å². The largest absolute Gasteiger partial charge is 0.337 e. The number of carbonyl (C=O) groups excluding carboxylic acids is 1. The molecule has 0 spiro atoms. The van der Waals surface area contributed by atoms with E-state index in [-0.39, 0.29) is 0 Å². The van der Waals surface area contributed by atoms with Crippen molar-refractivity contribution in [1.82, 2.24) is 10.7 Å². The number of rotatable bonds is 4. The van der Waals surface area contributed by atoms with E-state index in [1.165, 1.54) is 0 Å². The van der Waals surface area contributed by atoms with Gasteiger partial charge in [-0.25, -0.2) is 10.6 Å². The topological polar surface area (TPSA) is 84.2 Å². The second-order valence-corrected chi connectivity index (χ2v) is 3.59. The van der Waals surface area contributed by atoms with Crippen LogP contribution in [0.15, 0.2) is 0 Å². The number of urea groups is 1. The van der Waals surface area contributed by atoms with E-state index in [0.717, 1.165) is 0 Å². The standard InChI is InChI=1S/C5H13N3O2S/c1-11(10)4-2-3-7-5(9)8-6/h2-4,6H2,1H3,(H2,7,8,9). The molecule has 2 amide bonds. The van der Waals surface area contributed by atoms with Gasteiger partial charge >= 0.3 is 6.03 Å². The van der Waals surface area contributed by atoms with Crippen LogP contribution in [0.25, 0.3) is 0 Å². The second-order valence-electron chi connectivity index (χ2n) is 2.03. The predicted octanol–water partition coefficient (Wildman–Crippen LogP) is -1.07. The summed E-state index contributed by atoms with van der Waals surface area (Å²) in [5, 5.41) is 2.48. The van der Waals surface area contributed by atoms with Crippen LogP contribution in [-0.2, 0) is 10.8 Å². The third kappa shape index (κ3) is 7.27. The molecule has 4 N–H and O–H groups in total. The molecule has 0 aliphatic carbocycles. The normalized spacial score (nSPS) is 12.2. The van der Waals surface area contributed by atoms with Crippen molar-refractivity contribution in [3.05, 3.63) is 0 Å². The zero-order valence-corrected chi connectivity index (χ0v) is 7.24. The summed E-state index contributed by atoms with van der Waals surface area (Å²) in [4.78, 5) is 10.4. The van der Waals surface area contributed by atoms with Crippen LogP contribution in [0.2, 0.25) is 0 Å². The van der Waals surface area contributed by atoms with E-state index in [2.05, 4.69) is 5.32 Å². The molecule has 1 unspecified atom stereocenters. The Morgan fingerprint density at radius 1 is 1.64 bits per heavy atom. The van der Waals surface area contributed by atoms with Crippen molar-refractivity contribution in [1.29, 1.82) is 0 Å².